The molecule has 0 aliphatic carbocycles. The van der Waals surface area contributed by atoms with Gasteiger partial charge in [0.05, 0.1) is 9.72 Å². The fourth-order valence-electron chi connectivity index (χ4n) is 4.29. The van der Waals surface area contributed by atoms with Crippen LogP contribution in [0.2, 0.25) is 5.02 Å². The molecule has 1 saturated heterocycles. The van der Waals surface area contributed by atoms with E-state index in [0.717, 1.165) is 28.4 Å². The van der Waals surface area contributed by atoms with Crippen LogP contribution in [0.5, 0.6) is 0 Å². The molecule has 1 amide bonds. The van der Waals surface area contributed by atoms with Crippen LogP contribution in [0.4, 0.5) is 5.13 Å². The second kappa shape index (κ2) is 9.31. The van der Waals surface area contributed by atoms with E-state index >= 15 is 0 Å². The Morgan fingerprint density at radius 1 is 0.875 bits per heavy atom. The number of thiazole rings is 1. The van der Waals surface area contributed by atoms with Crippen LogP contribution < -0.4 is 4.90 Å². The van der Waals surface area contributed by atoms with Gasteiger partial charge in [-0.05, 0) is 23.3 Å². The van der Waals surface area contributed by atoms with E-state index in [4.69, 9.17) is 16.6 Å². The predicted octanol–water partition coefficient (Wildman–Crippen LogP) is 5.82. The molecule has 0 unspecified atom stereocenters. The van der Waals surface area contributed by atoms with Crippen molar-refractivity contribution < 1.29 is 4.79 Å². The fraction of sp³-hybridized carbons (Fsp3) is 0.231. The third kappa shape index (κ3) is 4.36. The van der Waals surface area contributed by atoms with Crippen LogP contribution >= 0.6 is 22.9 Å². The van der Waals surface area contributed by atoms with Gasteiger partial charge in [0.1, 0.15) is 5.52 Å². The molecule has 0 spiro atoms. The van der Waals surface area contributed by atoms with Gasteiger partial charge in [0.15, 0.2) is 5.13 Å². The lowest BCUT2D eigenvalue weighted by Crippen LogP contribution is -2.49. The third-order valence-electron chi connectivity index (χ3n) is 6.04. The molecule has 4 aromatic rings. The van der Waals surface area contributed by atoms with E-state index in [9.17, 15) is 4.79 Å². The van der Waals surface area contributed by atoms with Crippen LogP contribution in [0.1, 0.15) is 23.5 Å². The molecule has 0 saturated carbocycles. The second-order valence-electron chi connectivity index (χ2n) is 8.03. The van der Waals surface area contributed by atoms with Crippen molar-refractivity contribution in [1.29, 1.82) is 0 Å². The van der Waals surface area contributed by atoms with Crippen LogP contribution in [-0.4, -0.2) is 42.0 Å². The summed E-state index contributed by atoms with van der Waals surface area (Å²) in [6.07, 6.45) is 0.477. The number of amides is 1. The molecule has 5 rings (SSSR count). The molecule has 32 heavy (non-hydrogen) atoms. The van der Waals surface area contributed by atoms with Crippen molar-refractivity contribution in [2.24, 2.45) is 0 Å². The molecule has 6 heteroatoms. The maximum atomic E-state index is 13.3. The number of carbonyl (C=O) groups excluding carboxylic acids is 1. The summed E-state index contributed by atoms with van der Waals surface area (Å²) >= 11 is 7.96. The molecule has 1 aromatic heterocycles. The quantitative estimate of drug-likeness (QED) is 0.375. The number of hydrogen-bond acceptors (Lipinski definition) is 4. The maximum absolute atomic E-state index is 13.3. The number of nitrogens with zero attached hydrogens (tertiary/aromatic N) is 3. The van der Waals surface area contributed by atoms with Crippen molar-refractivity contribution in [1.82, 2.24) is 9.88 Å². The Morgan fingerprint density at radius 3 is 2.09 bits per heavy atom. The summed E-state index contributed by atoms with van der Waals surface area (Å²) in [6.45, 7) is 2.98. The summed E-state index contributed by atoms with van der Waals surface area (Å²) in [5.41, 5.74) is 3.22. The largest absolute Gasteiger partial charge is 0.345 e. The number of halogens is 1. The molecule has 0 bridgehead atoms. The van der Waals surface area contributed by atoms with E-state index in [1.807, 2.05) is 53.4 Å². The predicted molar refractivity (Wildman–Crippen MR) is 133 cm³/mol. The molecule has 0 radical (unpaired) electrons. The Bertz CT molecular complexity index is 1160. The zero-order chi connectivity index (χ0) is 21.9. The summed E-state index contributed by atoms with van der Waals surface area (Å²) in [7, 11) is 0. The van der Waals surface area contributed by atoms with Crippen molar-refractivity contribution in [3.8, 4) is 0 Å². The van der Waals surface area contributed by atoms with E-state index in [1.54, 1.807) is 11.3 Å². The average Bonchev–Trinajstić information content (AvgIpc) is 3.29. The Labute approximate surface area is 197 Å². The van der Waals surface area contributed by atoms with Gasteiger partial charge in [0.25, 0.3) is 0 Å². The number of piperazine rings is 1. The first-order valence-electron chi connectivity index (χ1n) is 10.9. The summed E-state index contributed by atoms with van der Waals surface area (Å²) in [5.74, 6) is 0.268. The first kappa shape index (κ1) is 21.0. The smallest absolute Gasteiger partial charge is 0.223 e. The normalized spacial score (nSPS) is 14.3. The lowest BCUT2D eigenvalue weighted by molar-refractivity contribution is -0.131. The average molecular weight is 462 g/mol. The Kier molecular flexibility index (Phi) is 6.10. The van der Waals surface area contributed by atoms with Crippen LogP contribution in [-0.2, 0) is 4.79 Å². The maximum Gasteiger partial charge on any atom is 0.223 e. The third-order valence-corrected chi connectivity index (χ3v) is 7.43. The minimum Gasteiger partial charge on any atom is -0.345 e. The highest BCUT2D eigenvalue weighted by Gasteiger charge is 2.26. The summed E-state index contributed by atoms with van der Waals surface area (Å²) < 4.78 is 1.10. The van der Waals surface area contributed by atoms with Gasteiger partial charge in [-0.25, -0.2) is 4.98 Å². The molecule has 1 fully saturated rings. The van der Waals surface area contributed by atoms with Crippen LogP contribution in [0.3, 0.4) is 0 Å². The minimum absolute atomic E-state index is 0.0642. The highest BCUT2D eigenvalue weighted by Crippen LogP contribution is 2.33. The van der Waals surface area contributed by atoms with Crippen molar-refractivity contribution in [3.63, 3.8) is 0 Å². The fourth-order valence-corrected chi connectivity index (χ4v) is 5.61. The Morgan fingerprint density at radius 2 is 1.50 bits per heavy atom. The van der Waals surface area contributed by atoms with Crippen LogP contribution in [0, 0.1) is 0 Å². The highest BCUT2D eigenvalue weighted by molar-refractivity contribution is 7.22. The number of rotatable bonds is 5. The van der Waals surface area contributed by atoms with E-state index in [1.165, 1.54) is 11.1 Å². The Balaban J connectivity index is 1.27. The molecule has 162 valence electrons. The van der Waals surface area contributed by atoms with Crippen LogP contribution in [0.25, 0.3) is 10.2 Å². The summed E-state index contributed by atoms with van der Waals surface area (Å²) in [4.78, 5) is 22.3. The van der Waals surface area contributed by atoms with Gasteiger partial charge in [-0.15, -0.1) is 0 Å². The Hall–Kier alpha value is -2.89. The topological polar surface area (TPSA) is 36.4 Å². The van der Waals surface area contributed by atoms with Crippen molar-refractivity contribution in [3.05, 3.63) is 95.0 Å². The van der Waals surface area contributed by atoms with Gasteiger partial charge in [0, 0.05) is 38.5 Å². The first-order valence-corrected chi connectivity index (χ1v) is 12.1. The molecular formula is C26H24ClN3OS. The molecule has 2 heterocycles. The van der Waals surface area contributed by atoms with Crippen LogP contribution in [0.15, 0.2) is 78.9 Å². The number of fused-ring (bicyclic) bond motifs is 1. The van der Waals surface area contributed by atoms with Crippen molar-refractivity contribution >= 4 is 44.2 Å². The molecular weight excluding hydrogens is 438 g/mol. The molecule has 4 nitrogen and oxygen atoms in total. The molecule has 3 aromatic carbocycles. The number of hydrogen-bond donors (Lipinski definition) is 0. The highest BCUT2D eigenvalue weighted by atomic mass is 35.5. The SMILES string of the molecule is O=C(CC(c1ccccc1)c1ccccc1)N1CCN(c2nc3c(Cl)cccc3s2)CC1. The minimum atomic E-state index is 0.0642. The zero-order valence-corrected chi connectivity index (χ0v) is 19.2. The number of para-hydroxylation sites is 1. The lowest BCUT2D eigenvalue weighted by atomic mass is 9.88. The number of anilines is 1. The van der Waals surface area contributed by atoms with E-state index in [0.29, 0.717) is 24.5 Å². The van der Waals surface area contributed by atoms with Gasteiger partial charge in [-0.1, -0.05) is 89.7 Å². The first-order chi connectivity index (χ1) is 15.7. The van der Waals surface area contributed by atoms with Gasteiger partial charge in [0.2, 0.25) is 5.91 Å². The van der Waals surface area contributed by atoms with E-state index < -0.39 is 0 Å². The number of carbonyl (C=O) groups is 1. The van der Waals surface area contributed by atoms with Gasteiger partial charge >= 0.3 is 0 Å². The van der Waals surface area contributed by atoms with Gasteiger partial charge in [-0.3, -0.25) is 4.79 Å². The molecule has 0 atom stereocenters. The van der Waals surface area contributed by atoms with E-state index in [-0.39, 0.29) is 11.8 Å². The number of benzene rings is 3. The summed E-state index contributed by atoms with van der Waals surface area (Å²) in [5, 5.41) is 1.67. The summed E-state index contributed by atoms with van der Waals surface area (Å²) in [6, 6.07) is 26.5. The molecule has 1 aliphatic heterocycles. The van der Waals surface area contributed by atoms with Crippen molar-refractivity contribution in [2.45, 2.75) is 12.3 Å². The molecule has 0 N–H and O–H groups in total. The monoisotopic (exact) mass is 461 g/mol. The molecule has 1 aliphatic rings. The number of aromatic nitrogens is 1. The standard InChI is InChI=1S/C26H24ClN3OS/c27-22-12-7-13-23-25(22)28-26(32-23)30-16-14-29(15-17-30)24(31)18-21(19-8-3-1-4-9-19)20-10-5-2-6-11-20/h1-13,21H,14-18H2. The van der Waals surface area contributed by atoms with Gasteiger partial charge < -0.3 is 9.80 Å². The second-order valence-corrected chi connectivity index (χ2v) is 9.45. The van der Waals surface area contributed by atoms with Gasteiger partial charge in [-0.2, -0.15) is 0 Å². The van der Waals surface area contributed by atoms with Crippen molar-refractivity contribution in [2.75, 3.05) is 31.1 Å². The lowest BCUT2D eigenvalue weighted by Gasteiger charge is -2.35. The van der Waals surface area contributed by atoms with E-state index in [2.05, 4.69) is 35.2 Å². The zero-order valence-electron chi connectivity index (χ0n) is 17.7.